The Bertz CT molecular complexity index is 695. The number of hydrogen-bond donors (Lipinski definition) is 1. The molecule has 1 aliphatic rings. The zero-order chi connectivity index (χ0) is 16.4. The van der Waals surface area contributed by atoms with Crippen LogP contribution in [0.4, 0.5) is 11.5 Å². The van der Waals surface area contributed by atoms with Crippen LogP contribution in [-0.2, 0) is 0 Å². The second kappa shape index (κ2) is 6.36. The lowest BCUT2D eigenvalue weighted by atomic mass is 10.1. The highest BCUT2D eigenvalue weighted by Gasteiger charge is 2.16. The van der Waals surface area contributed by atoms with Gasteiger partial charge in [0.25, 0.3) is 5.91 Å². The fourth-order valence-corrected chi connectivity index (χ4v) is 3.12. The lowest BCUT2D eigenvalue weighted by Crippen LogP contribution is -2.21. The Morgan fingerprint density at radius 3 is 2.26 bits per heavy atom. The summed E-state index contributed by atoms with van der Waals surface area (Å²) in [4.78, 5) is 14.6. The lowest BCUT2D eigenvalue weighted by molar-refractivity contribution is 0.102. The van der Waals surface area contributed by atoms with E-state index in [-0.39, 0.29) is 5.91 Å². The number of nitrogens with one attached hydrogen (secondary N) is 1. The first-order valence-electron chi connectivity index (χ1n) is 8.02. The number of aromatic nitrogens is 2. The predicted molar refractivity (Wildman–Crippen MR) is 92.1 cm³/mol. The van der Waals surface area contributed by atoms with Crippen molar-refractivity contribution in [2.75, 3.05) is 23.3 Å². The third-order valence-electron chi connectivity index (χ3n) is 4.23. The zero-order valence-electron chi connectivity index (χ0n) is 13.9. The number of aryl methyl sites for hydroxylation is 3. The summed E-state index contributed by atoms with van der Waals surface area (Å²) in [5.74, 6) is 0.627. The highest BCUT2D eigenvalue weighted by atomic mass is 16.1. The molecule has 1 aliphatic heterocycles. The van der Waals surface area contributed by atoms with Crippen LogP contribution >= 0.6 is 0 Å². The minimum Gasteiger partial charge on any atom is -0.355 e. The van der Waals surface area contributed by atoms with Crippen molar-refractivity contribution >= 4 is 17.4 Å². The van der Waals surface area contributed by atoms with Crippen molar-refractivity contribution < 1.29 is 4.79 Å². The minimum absolute atomic E-state index is 0.222. The first-order chi connectivity index (χ1) is 11.0. The number of amides is 1. The molecule has 1 N–H and O–H groups in total. The molecule has 2 heterocycles. The van der Waals surface area contributed by atoms with E-state index in [1.807, 2.05) is 26.8 Å². The number of nitrogens with zero attached hydrogens (tertiary/aromatic N) is 3. The summed E-state index contributed by atoms with van der Waals surface area (Å²) in [7, 11) is 0. The molecule has 0 radical (unpaired) electrons. The van der Waals surface area contributed by atoms with Crippen molar-refractivity contribution in [3.05, 3.63) is 46.6 Å². The molecule has 1 amide bonds. The summed E-state index contributed by atoms with van der Waals surface area (Å²) in [5.41, 5.74) is 4.49. The van der Waals surface area contributed by atoms with E-state index in [9.17, 15) is 4.79 Å². The van der Waals surface area contributed by atoms with E-state index in [1.54, 1.807) is 6.07 Å². The molecule has 5 nitrogen and oxygen atoms in total. The average Bonchev–Trinajstić information content (AvgIpc) is 3.05. The molecule has 0 saturated carbocycles. The summed E-state index contributed by atoms with van der Waals surface area (Å²) in [6.45, 7) is 8.08. The Kier molecular flexibility index (Phi) is 4.28. The zero-order valence-corrected chi connectivity index (χ0v) is 13.9. The Morgan fingerprint density at radius 1 is 1.04 bits per heavy atom. The molecule has 5 heteroatoms. The molecule has 0 spiro atoms. The van der Waals surface area contributed by atoms with Crippen LogP contribution in [0.25, 0.3) is 0 Å². The van der Waals surface area contributed by atoms with Crippen molar-refractivity contribution in [3.63, 3.8) is 0 Å². The molecular weight excluding hydrogens is 288 g/mol. The topological polar surface area (TPSA) is 58.1 Å². The second-order valence-corrected chi connectivity index (χ2v) is 6.20. The maximum atomic E-state index is 12.4. The summed E-state index contributed by atoms with van der Waals surface area (Å²) >= 11 is 0. The summed E-state index contributed by atoms with van der Waals surface area (Å²) < 4.78 is 0. The summed E-state index contributed by atoms with van der Waals surface area (Å²) in [6.07, 6.45) is 2.38. The molecule has 0 unspecified atom stereocenters. The lowest BCUT2D eigenvalue weighted by Gasteiger charge is -2.15. The number of carbonyl (C=O) groups is 1. The van der Waals surface area contributed by atoms with Crippen LogP contribution < -0.4 is 10.2 Å². The van der Waals surface area contributed by atoms with Crippen LogP contribution in [0, 0.1) is 20.8 Å². The van der Waals surface area contributed by atoms with E-state index in [1.165, 1.54) is 18.4 Å². The highest BCUT2D eigenvalue weighted by molar-refractivity contribution is 6.03. The monoisotopic (exact) mass is 310 g/mol. The van der Waals surface area contributed by atoms with E-state index in [2.05, 4.69) is 32.5 Å². The Balaban J connectivity index is 1.76. The van der Waals surface area contributed by atoms with Crippen molar-refractivity contribution in [2.24, 2.45) is 0 Å². The first-order valence-corrected chi connectivity index (χ1v) is 8.02. The van der Waals surface area contributed by atoms with Crippen molar-refractivity contribution in [2.45, 2.75) is 33.6 Å². The molecule has 0 atom stereocenters. The minimum atomic E-state index is -0.222. The number of rotatable bonds is 3. The second-order valence-electron chi connectivity index (χ2n) is 6.20. The molecule has 23 heavy (non-hydrogen) atoms. The van der Waals surface area contributed by atoms with Gasteiger partial charge in [0.2, 0.25) is 0 Å². The van der Waals surface area contributed by atoms with Gasteiger partial charge in [-0.1, -0.05) is 17.7 Å². The fourth-order valence-electron chi connectivity index (χ4n) is 3.12. The van der Waals surface area contributed by atoms with Crippen LogP contribution in [-0.4, -0.2) is 29.2 Å². The van der Waals surface area contributed by atoms with Gasteiger partial charge in [-0.15, -0.1) is 10.2 Å². The fraction of sp³-hybridized carbons (Fsp3) is 0.389. The Labute approximate surface area is 136 Å². The maximum Gasteiger partial charge on any atom is 0.276 e. The van der Waals surface area contributed by atoms with Gasteiger partial charge in [0.15, 0.2) is 11.5 Å². The maximum absolute atomic E-state index is 12.4. The molecule has 120 valence electrons. The molecular formula is C18H22N4O. The van der Waals surface area contributed by atoms with Gasteiger partial charge < -0.3 is 10.2 Å². The Morgan fingerprint density at radius 2 is 1.70 bits per heavy atom. The molecule has 1 fully saturated rings. The van der Waals surface area contributed by atoms with Crippen LogP contribution in [0.15, 0.2) is 24.3 Å². The average molecular weight is 310 g/mol. The van der Waals surface area contributed by atoms with E-state index < -0.39 is 0 Å². The molecule has 0 aliphatic carbocycles. The van der Waals surface area contributed by atoms with Gasteiger partial charge in [0.1, 0.15) is 0 Å². The van der Waals surface area contributed by atoms with E-state index in [0.29, 0.717) is 5.69 Å². The largest absolute Gasteiger partial charge is 0.355 e. The predicted octanol–water partition coefficient (Wildman–Crippen LogP) is 3.25. The van der Waals surface area contributed by atoms with Crippen molar-refractivity contribution in [1.82, 2.24) is 10.2 Å². The molecule has 1 aromatic heterocycles. The van der Waals surface area contributed by atoms with Gasteiger partial charge in [0.05, 0.1) is 0 Å². The number of benzene rings is 1. The van der Waals surface area contributed by atoms with Crippen molar-refractivity contribution in [3.8, 4) is 0 Å². The van der Waals surface area contributed by atoms with Gasteiger partial charge in [-0.3, -0.25) is 4.79 Å². The quantitative estimate of drug-likeness (QED) is 0.945. The van der Waals surface area contributed by atoms with Crippen LogP contribution in [0.2, 0.25) is 0 Å². The SMILES string of the molecule is Cc1cc(C)c(NC(=O)c2ccc(N3CCCC3)nn2)c(C)c1. The van der Waals surface area contributed by atoms with Crippen LogP contribution in [0.1, 0.15) is 40.0 Å². The smallest absolute Gasteiger partial charge is 0.276 e. The Hall–Kier alpha value is -2.43. The third kappa shape index (κ3) is 3.33. The normalized spacial score (nSPS) is 14.1. The van der Waals surface area contributed by atoms with E-state index in [4.69, 9.17) is 0 Å². The molecule has 2 aromatic rings. The van der Waals surface area contributed by atoms with Gasteiger partial charge in [-0.25, -0.2) is 0 Å². The summed E-state index contributed by atoms with van der Waals surface area (Å²) in [5, 5.41) is 11.2. The number of anilines is 2. The van der Waals surface area contributed by atoms with Crippen molar-refractivity contribution in [1.29, 1.82) is 0 Å². The van der Waals surface area contributed by atoms with Crippen LogP contribution in [0.3, 0.4) is 0 Å². The molecule has 1 aromatic carbocycles. The van der Waals surface area contributed by atoms with Gasteiger partial charge >= 0.3 is 0 Å². The summed E-state index contributed by atoms with van der Waals surface area (Å²) in [6, 6.07) is 7.74. The molecule has 1 saturated heterocycles. The molecule has 3 rings (SSSR count). The van der Waals surface area contributed by atoms with Gasteiger partial charge in [0, 0.05) is 18.8 Å². The number of carbonyl (C=O) groups excluding carboxylic acids is 1. The van der Waals surface area contributed by atoms with Gasteiger partial charge in [-0.05, 0) is 56.9 Å². The van der Waals surface area contributed by atoms with E-state index >= 15 is 0 Å². The molecule has 0 bridgehead atoms. The first kappa shape index (κ1) is 15.5. The number of hydrogen-bond acceptors (Lipinski definition) is 4. The van der Waals surface area contributed by atoms with E-state index in [0.717, 1.165) is 35.7 Å². The van der Waals surface area contributed by atoms with Gasteiger partial charge in [-0.2, -0.15) is 0 Å². The highest BCUT2D eigenvalue weighted by Crippen LogP contribution is 2.22. The third-order valence-corrected chi connectivity index (χ3v) is 4.23. The standard InChI is InChI=1S/C18H22N4O/c1-12-10-13(2)17(14(3)11-12)19-18(23)15-6-7-16(21-20-15)22-8-4-5-9-22/h6-7,10-11H,4-5,8-9H2,1-3H3,(H,19,23). The van der Waals surface area contributed by atoms with Crippen LogP contribution in [0.5, 0.6) is 0 Å².